The monoisotopic (exact) mass is 259 g/mol. The number of nitrogens with one attached hydrogen (secondary N) is 1. The molecule has 0 aliphatic heterocycles. The summed E-state index contributed by atoms with van der Waals surface area (Å²) in [7, 11) is 0. The first-order chi connectivity index (χ1) is 9.42. The Morgan fingerprint density at radius 2 is 1.89 bits per heavy atom. The maximum atomic E-state index is 5.83. The number of hydrogen-bond donors (Lipinski definition) is 1. The van der Waals surface area contributed by atoms with Crippen LogP contribution in [0.15, 0.2) is 18.2 Å². The zero-order valence-electron chi connectivity index (χ0n) is 11.8. The van der Waals surface area contributed by atoms with Gasteiger partial charge in [-0.2, -0.15) is 0 Å². The van der Waals surface area contributed by atoms with Crippen molar-refractivity contribution >= 4 is 0 Å². The van der Waals surface area contributed by atoms with Crippen LogP contribution in [0.5, 0.6) is 5.75 Å². The summed E-state index contributed by atoms with van der Waals surface area (Å²) in [6.07, 6.45) is 9.47. The van der Waals surface area contributed by atoms with Crippen LogP contribution in [0, 0.1) is 5.92 Å². The van der Waals surface area contributed by atoms with Gasteiger partial charge in [0.15, 0.2) is 0 Å². The lowest BCUT2D eigenvalue weighted by atomic mass is 10.1. The van der Waals surface area contributed by atoms with Gasteiger partial charge >= 0.3 is 0 Å². The number of aryl methyl sites for hydroxylation is 2. The summed E-state index contributed by atoms with van der Waals surface area (Å²) in [6, 6.07) is 6.60. The average Bonchev–Trinajstić information content (AvgIpc) is 3.08. The first kappa shape index (κ1) is 13.0. The zero-order valence-corrected chi connectivity index (χ0v) is 11.8. The molecule has 0 saturated heterocycles. The number of fused-ring (bicyclic) bond motifs is 1. The predicted octanol–water partition coefficient (Wildman–Crippen LogP) is 3.33. The van der Waals surface area contributed by atoms with Crippen molar-refractivity contribution in [1.82, 2.24) is 5.32 Å². The van der Waals surface area contributed by atoms with E-state index in [-0.39, 0.29) is 0 Å². The molecule has 2 nitrogen and oxygen atoms in total. The minimum absolute atomic E-state index is 0.783. The second kappa shape index (κ2) is 6.42. The summed E-state index contributed by atoms with van der Waals surface area (Å²) in [5.74, 6) is 1.96. The summed E-state index contributed by atoms with van der Waals surface area (Å²) < 4.78 is 5.83. The Hall–Kier alpha value is -1.02. The number of ether oxygens (including phenoxy) is 1. The first-order valence-electron chi connectivity index (χ1n) is 7.87. The minimum Gasteiger partial charge on any atom is -0.492 e. The van der Waals surface area contributed by atoms with Crippen LogP contribution in [-0.2, 0) is 12.8 Å². The fourth-order valence-electron chi connectivity index (χ4n) is 3.40. The predicted molar refractivity (Wildman–Crippen MR) is 78.8 cm³/mol. The molecular formula is C17H25NO. The Morgan fingerprint density at radius 3 is 2.79 bits per heavy atom. The average molecular weight is 259 g/mol. The number of benzene rings is 1. The molecule has 1 N–H and O–H groups in total. The van der Waals surface area contributed by atoms with E-state index >= 15 is 0 Å². The summed E-state index contributed by atoms with van der Waals surface area (Å²) in [5, 5.41) is 3.52. The maximum Gasteiger partial charge on any atom is 0.119 e. The Bertz CT molecular complexity index is 410. The fourth-order valence-corrected chi connectivity index (χ4v) is 3.40. The van der Waals surface area contributed by atoms with Crippen molar-refractivity contribution in [2.75, 3.05) is 19.7 Å². The van der Waals surface area contributed by atoms with Crippen molar-refractivity contribution in [2.24, 2.45) is 5.92 Å². The molecule has 0 amide bonds. The van der Waals surface area contributed by atoms with Crippen molar-refractivity contribution in [3.05, 3.63) is 29.3 Å². The molecule has 19 heavy (non-hydrogen) atoms. The van der Waals surface area contributed by atoms with Crippen LogP contribution in [0.2, 0.25) is 0 Å². The topological polar surface area (TPSA) is 21.3 Å². The van der Waals surface area contributed by atoms with Gasteiger partial charge in [-0.15, -0.1) is 0 Å². The van der Waals surface area contributed by atoms with E-state index in [1.54, 1.807) is 0 Å². The van der Waals surface area contributed by atoms with Gasteiger partial charge in [0, 0.05) is 6.54 Å². The summed E-state index contributed by atoms with van der Waals surface area (Å²) >= 11 is 0. The molecule has 1 aromatic carbocycles. The van der Waals surface area contributed by atoms with E-state index in [0.29, 0.717) is 0 Å². The quantitative estimate of drug-likeness (QED) is 0.791. The second-order valence-corrected chi connectivity index (χ2v) is 5.99. The van der Waals surface area contributed by atoms with Crippen molar-refractivity contribution in [1.29, 1.82) is 0 Å². The highest BCUT2D eigenvalue weighted by atomic mass is 16.5. The molecule has 0 heterocycles. The molecule has 0 unspecified atom stereocenters. The molecular weight excluding hydrogens is 234 g/mol. The Kier molecular flexibility index (Phi) is 4.39. The normalized spacial score (nSPS) is 18.7. The molecule has 0 aromatic heterocycles. The lowest BCUT2D eigenvalue weighted by Crippen LogP contribution is -2.26. The van der Waals surface area contributed by atoms with E-state index in [1.165, 1.54) is 62.6 Å². The van der Waals surface area contributed by atoms with E-state index in [0.717, 1.165) is 24.8 Å². The van der Waals surface area contributed by atoms with E-state index < -0.39 is 0 Å². The van der Waals surface area contributed by atoms with Gasteiger partial charge < -0.3 is 10.1 Å². The van der Waals surface area contributed by atoms with Crippen molar-refractivity contribution in [3.63, 3.8) is 0 Å². The Labute approximate surface area is 116 Å². The van der Waals surface area contributed by atoms with Crippen LogP contribution in [-0.4, -0.2) is 19.7 Å². The zero-order chi connectivity index (χ0) is 12.9. The van der Waals surface area contributed by atoms with E-state index in [9.17, 15) is 0 Å². The third kappa shape index (κ3) is 3.50. The molecule has 0 bridgehead atoms. The lowest BCUT2D eigenvalue weighted by Gasteiger charge is -2.12. The highest BCUT2D eigenvalue weighted by Crippen LogP contribution is 2.26. The number of rotatable bonds is 6. The van der Waals surface area contributed by atoms with Crippen LogP contribution in [0.4, 0.5) is 0 Å². The molecule has 0 spiro atoms. The van der Waals surface area contributed by atoms with Crippen molar-refractivity contribution < 1.29 is 4.74 Å². The summed E-state index contributed by atoms with van der Waals surface area (Å²) in [5.41, 5.74) is 3.02. The third-order valence-electron chi connectivity index (χ3n) is 4.53. The number of hydrogen-bond acceptors (Lipinski definition) is 2. The third-order valence-corrected chi connectivity index (χ3v) is 4.53. The maximum absolute atomic E-state index is 5.83. The van der Waals surface area contributed by atoms with Gasteiger partial charge in [0.1, 0.15) is 12.4 Å². The van der Waals surface area contributed by atoms with Crippen LogP contribution in [0.3, 0.4) is 0 Å². The SMILES string of the molecule is c1cc2c(cc1OCCNCC1CCCC1)CCC2. The second-order valence-electron chi connectivity index (χ2n) is 5.99. The van der Waals surface area contributed by atoms with Crippen LogP contribution >= 0.6 is 0 Å². The van der Waals surface area contributed by atoms with Gasteiger partial charge in [-0.1, -0.05) is 18.9 Å². The molecule has 1 saturated carbocycles. The first-order valence-corrected chi connectivity index (χ1v) is 7.87. The highest BCUT2D eigenvalue weighted by Gasteiger charge is 2.14. The van der Waals surface area contributed by atoms with E-state index in [4.69, 9.17) is 4.74 Å². The molecule has 104 valence electrons. The summed E-state index contributed by atoms with van der Waals surface area (Å²) in [4.78, 5) is 0. The molecule has 2 aliphatic carbocycles. The van der Waals surface area contributed by atoms with Crippen molar-refractivity contribution in [2.45, 2.75) is 44.9 Å². The van der Waals surface area contributed by atoms with Gasteiger partial charge in [-0.3, -0.25) is 0 Å². The van der Waals surface area contributed by atoms with Crippen LogP contribution < -0.4 is 10.1 Å². The van der Waals surface area contributed by atoms with Gasteiger partial charge in [0.05, 0.1) is 0 Å². The molecule has 3 rings (SSSR count). The molecule has 2 aliphatic rings. The van der Waals surface area contributed by atoms with Crippen molar-refractivity contribution in [3.8, 4) is 5.75 Å². The highest BCUT2D eigenvalue weighted by molar-refractivity contribution is 5.38. The Balaban J connectivity index is 1.35. The van der Waals surface area contributed by atoms with E-state index in [2.05, 4.69) is 23.5 Å². The fraction of sp³-hybridized carbons (Fsp3) is 0.647. The molecule has 1 aromatic rings. The van der Waals surface area contributed by atoms with Gasteiger partial charge in [0.2, 0.25) is 0 Å². The molecule has 1 fully saturated rings. The minimum atomic E-state index is 0.783. The Morgan fingerprint density at radius 1 is 1.05 bits per heavy atom. The van der Waals surface area contributed by atoms with Crippen LogP contribution in [0.25, 0.3) is 0 Å². The van der Waals surface area contributed by atoms with Crippen LogP contribution in [0.1, 0.15) is 43.2 Å². The molecule has 0 radical (unpaired) electrons. The molecule has 2 heteroatoms. The summed E-state index contributed by atoms with van der Waals surface area (Å²) in [6.45, 7) is 2.92. The van der Waals surface area contributed by atoms with E-state index in [1.807, 2.05) is 0 Å². The largest absolute Gasteiger partial charge is 0.492 e. The van der Waals surface area contributed by atoms with Gasteiger partial charge in [-0.25, -0.2) is 0 Å². The smallest absolute Gasteiger partial charge is 0.119 e. The van der Waals surface area contributed by atoms with Gasteiger partial charge in [0.25, 0.3) is 0 Å². The standard InChI is InChI=1S/C17H25NO/c1-2-5-14(4-1)13-18-10-11-19-17-9-8-15-6-3-7-16(15)12-17/h8-9,12,14,18H,1-7,10-11,13H2. The molecule has 0 atom stereocenters. The lowest BCUT2D eigenvalue weighted by molar-refractivity contribution is 0.308. The van der Waals surface area contributed by atoms with Gasteiger partial charge in [-0.05, 0) is 67.8 Å².